The van der Waals surface area contributed by atoms with Gasteiger partial charge < -0.3 is 19.5 Å². The maximum absolute atomic E-state index is 6.00. The van der Waals surface area contributed by atoms with Crippen LogP contribution in [-0.4, -0.2) is 59.0 Å². The minimum Gasteiger partial charge on any atom is -0.382 e. The summed E-state index contributed by atoms with van der Waals surface area (Å²) in [6.45, 7) is 1.60. The minimum atomic E-state index is -0.223. The number of methoxy groups -OCH3 is 2. The van der Waals surface area contributed by atoms with Crippen LogP contribution in [-0.2, 0) is 14.2 Å². The van der Waals surface area contributed by atoms with Crippen LogP contribution in [0.4, 0.5) is 0 Å². The molecule has 2 fully saturated rings. The molecule has 1 N–H and O–H groups in total. The lowest BCUT2D eigenvalue weighted by atomic mass is 9.83. The van der Waals surface area contributed by atoms with E-state index < -0.39 is 0 Å². The van der Waals surface area contributed by atoms with Crippen LogP contribution in [0.1, 0.15) is 6.42 Å². The zero-order chi connectivity index (χ0) is 10.2. The van der Waals surface area contributed by atoms with Gasteiger partial charge in [0.25, 0.3) is 0 Å². The zero-order valence-electron chi connectivity index (χ0n) is 9.08. The molecule has 2 aliphatic heterocycles. The van der Waals surface area contributed by atoms with Crippen molar-refractivity contribution in [1.82, 2.24) is 5.32 Å². The van der Waals surface area contributed by atoms with Crippen LogP contribution in [0, 0.1) is 0 Å². The molecule has 4 unspecified atom stereocenters. The van der Waals surface area contributed by atoms with Crippen molar-refractivity contribution < 1.29 is 14.2 Å². The Morgan fingerprint density at radius 1 is 1.57 bits per heavy atom. The van der Waals surface area contributed by atoms with Crippen molar-refractivity contribution in [3.8, 4) is 0 Å². The van der Waals surface area contributed by atoms with Crippen molar-refractivity contribution >= 4 is 7.85 Å². The molecule has 0 aliphatic carbocycles. The van der Waals surface area contributed by atoms with Crippen LogP contribution < -0.4 is 5.32 Å². The van der Waals surface area contributed by atoms with Crippen molar-refractivity contribution in [3.05, 3.63) is 0 Å². The fourth-order valence-corrected chi connectivity index (χ4v) is 2.80. The largest absolute Gasteiger partial charge is 0.382 e. The molecule has 5 heteroatoms. The topological polar surface area (TPSA) is 39.7 Å². The minimum absolute atomic E-state index is 0.117. The number of ether oxygens (including phenoxy) is 3. The van der Waals surface area contributed by atoms with E-state index in [1.54, 1.807) is 14.2 Å². The Morgan fingerprint density at radius 2 is 2.36 bits per heavy atom. The van der Waals surface area contributed by atoms with Crippen LogP contribution in [0.5, 0.6) is 0 Å². The summed E-state index contributed by atoms with van der Waals surface area (Å²) in [6, 6.07) is 0.515. The van der Waals surface area contributed by atoms with E-state index in [0.717, 1.165) is 13.0 Å². The monoisotopic (exact) mass is 199 g/mol. The summed E-state index contributed by atoms with van der Waals surface area (Å²) in [6.07, 6.45) is 1.08. The number of piperidine rings is 1. The molecule has 2 aliphatic rings. The van der Waals surface area contributed by atoms with E-state index in [0.29, 0.717) is 12.6 Å². The number of fused-ring (bicyclic) bond motifs is 2. The van der Waals surface area contributed by atoms with Gasteiger partial charge >= 0.3 is 0 Å². The Labute approximate surface area is 85.7 Å². The summed E-state index contributed by atoms with van der Waals surface area (Å²) in [5, 5.41) is 3.44. The Balaban J connectivity index is 2.20. The van der Waals surface area contributed by atoms with Gasteiger partial charge in [0, 0.05) is 20.2 Å². The number of nitrogens with one attached hydrogen (secondary N) is 1. The molecule has 2 bridgehead atoms. The summed E-state index contributed by atoms with van der Waals surface area (Å²) < 4.78 is 16.8. The molecule has 0 amide bonds. The summed E-state index contributed by atoms with van der Waals surface area (Å²) in [7, 11) is 5.55. The molecule has 0 aromatic heterocycles. The van der Waals surface area contributed by atoms with Gasteiger partial charge in [0.1, 0.15) is 19.6 Å². The molecular formula is C9H18BNO3. The Hall–Kier alpha value is -0.0951. The highest BCUT2D eigenvalue weighted by atomic mass is 16.6. The molecule has 2 saturated heterocycles. The first-order valence-corrected chi connectivity index (χ1v) is 5.16. The highest BCUT2D eigenvalue weighted by Gasteiger charge is 2.55. The van der Waals surface area contributed by atoms with Gasteiger partial charge in [-0.25, -0.2) is 0 Å². The van der Waals surface area contributed by atoms with Crippen LogP contribution in [0.2, 0.25) is 0 Å². The maximum Gasteiger partial charge on any atom is 0.141 e. The van der Waals surface area contributed by atoms with Crippen molar-refractivity contribution in [2.45, 2.75) is 30.2 Å². The highest BCUT2D eigenvalue weighted by Crippen LogP contribution is 2.37. The highest BCUT2D eigenvalue weighted by molar-refractivity contribution is 6.11. The molecule has 4 nitrogen and oxygen atoms in total. The molecule has 80 valence electrons. The number of hydrogen-bond donors (Lipinski definition) is 1. The standard InChI is InChI=1S/C9H18BNO3/c1-12-5-9-3-4-11-6(7(9)13-2)8(10)14-9/h6-8,11H,3-5,10H2,1-2H3. The van der Waals surface area contributed by atoms with Gasteiger partial charge in [0.05, 0.1) is 12.6 Å². The second-order valence-corrected chi connectivity index (χ2v) is 4.21. The van der Waals surface area contributed by atoms with E-state index in [-0.39, 0.29) is 17.7 Å². The average Bonchev–Trinajstić information content (AvgIpc) is 2.30. The number of hydrogen-bond acceptors (Lipinski definition) is 4. The first kappa shape index (κ1) is 10.4. The third-order valence-corrected chi connectivity index (χ3v) is 3.34. The second kappa shape index (κ2) is 3.81. The molecule has 0 aromatic carbocycles. The lowest BCUT2D eigenvalue weighted by Gasteiger charge is -2.38. The molecule has 0 spiro atoms. The third kappa shape index (κ3) is 1.39. The van der Waals surface area contributed by atoms with Gasteiger partial charge in [-0.2, -0.15) is 0 Å². The SMILES string of the molecule is BC1OC2(COC)CCNC1C2OC. The zero-order valence-corrected chi connectivity index (χ0v) is 9.08. The summed E-state index contributed by atoms with van der Waals surface area (Å²) in [5.41, 5.74) is -0.223. The Bertz CT molecular complexity index is 212. The average molecular weight is 199 g/mol. The molecule has 0 saturated carbocycles. The third-order valence-electron chi connectivity index (χ3n) is 3.34. The van der Waals surface area contributed by atoms with Gasteiger partial charge in [-0.05, 0) is 13.0 Å². The molecule has 0 aromatic rings. The molecule has 4 atom stereocenters. The van der Waals surface area contributed by atoms with Gasteiger partial charge in [-0.1, -0.05) is 0 Å². The quantitative estimate of drug-likeness (QED) is 0.576. The van der Waals surface area contributed by atoms with E-state index >= 15 is 0 Å². The molecule has 0 radical (unpaired) electrons. The van der Waals surface area contributed by atoms with E-state index in [4.69, 9.17) is 14.2 Å². The van der Waals surface area contributed by atoms with Crippen molar-refractivity contribution in [3.63, 3.8) is 0 Å². The number of rotatable bonds is 3. The Kier molecular flexibility index (Phi) is 2.84. The van der Waals surface area contributed by atoms with Crippen molar-refractivity contribution in [2.75, 3.05) is 27.4 Å². The van der Waals surface area contributed by atoms with Crippen LogP contribution in [0.15, 0.2) is 0 Å². The Morgan fingerprint density at radius 3 is 3.00 bits per heavy atom. The summed E-state index contributed by atoms with van der Waals surface area (Å²) >= 11 is 0. The molecule has 14 heavy (non-hydrogen) atoms. The predicted molar refractivity (Wildman–Crippen MR) is 55.2 cm³/mol. The smallest absolute Gasteiger partial charge is 0.141 e. The van der Waals surface area contributed by atoms with Crippen molar-refractivity contribution in [1.29, 1.82) is 0 Å². The predicted octanol–water partition coefficient (Wildman–Crippen LogP) is -1.26. The molecular weight excluding hydrogens is 181 g/mol. The van der Waals surface area contributed by atoms with E-state index in [1.807, 2.05) is 0 Å². The molecule has 2 heterocycles. The van der Waals surface area contributed by atoms with Crippen LogP contribution in [0.3, 0.4) is 0 Å². The van der Waals surface area contributed by atoms with Gasteiger partial charge in [0.2, 0.25) is 0 Å². The van der Waals surface area contributed by atoms with Gasteiger partial charge in [-0.15, -0.1) is 0 Å². The van der Waals surface area contributed by atoms with Gasteiger partial charge in [0.15, 0.2) is 0 Å². The lowest BCUT2D eigenvalue weighted by Crippen LogP contribution is -2.58. The van der Waals surface area contributed by atoms with Crippen molar-refractivity contribution in [2.24, 2.45) is 0 Å². The lowest BCUT2D eigenvalue weighted by molar-refractivity contribution is -0.124. The first-order chi connectivity index (χ1) is 6.73. The summed E-state index contributed by atoms with van der Waals surface area (Å²) in [4.78, 5) is 0. The van der Waals surface area contributed by atoms with Crippen LogP contribution >= 0.6 is 0 Å². The first-order valence-electron chi connectivity index (χ1n) is 5.16. The normalized spacial score (nSPS) is 46.9. The van der Waals surface area contributed by atoms with E-state index in [1.165, 1.54) is 0 Å². The van der Waals surface area contributed by atoms with Gasteiger partial charge in [-0.3, -0.25) is 0 Å². The maximum atomic E-state index is 6.00. The fourth-order valence-electron chi connectivity index (χ4n) is 2.80. The second-order valence-electron chi connectivity index (χ2n) is 4.21. The summed E-state index contributed by atoms with van der Waals surface area (Å²) in [5.74, 6) is 0. The van der Waals surface area contributed by atoms with E-state index in [9.17, 15) is 0 Å². The van der Waals surface area contributed by atoms with E-state index in [2.05, 4.69) is 13.2 Å². The fraction of sp³-hybridized carbons (Fsp3) is 1.00. The van der Waals surface area contributed by atoms with Crippen LogP contribution in [0.25, 0.3) is 0 Å². The molecule has 2 rings (SSSR count).